The van der Waals surface area contributed by atoms with Crippen molar-refractivity contribution >= 4 is 17.3 Å². The molecule has 0 bridgehead atoms. The Morgan fingerprint density at radius 2 is 1.61 bits per heavy atom. The highest BCUT2D eigenvalue weighted by Crippen LogP contribution is 2.26. The number of ketones is 1. The molecule has 0 N–H and O–H groups in total. The minimum Gasteiger partial charge on any atom is -0.363 e. The molecule has 0 fully saturated rings. The second-order valence-corrected chi connectivity index (χ2v) is 6.80. The predicted octanol–water partition coefficient (Wildman–Crippen LogP) is 5.54. The molecule has 28 heavy (non-hydrogen) atoms. The number of benzene rings is 2. The maximum absolute atomic E-state index is 13.9. The van der Waals surface area contributed by atoms with Gasteiger partial charge in [-0.1, -0.05) is 6.92 Å². The number of hydrogen-bond acceptors (Lipinski definition) is 2. The van der Waals surface area contributed by atoms with E-state index in [0.717, 1.165) is 30.1 Å². The van der Waals surface area contributed by atoms with Crippen LogP contribution in [0.15, 0.2) is 29.3 Å². The van der Waals surface area contributed by atoms with E-state index in [-0.39, 0.29) is 0 Å². The first-order valence-electron chi connectivity index (χ1n) is 9.24. The topological polar surface area (TPSA) is 32.7 Å². The summed E-state index contributed by atoms with van der Waals surface area (Å²) in [7, 11) is 1.97. The highest BCUT2D eigenvalue weighted by atomic mass is 19.1. The maximum Gasteiger partial charge on any atom is 0.167 e. The minimum absolute atomic E-state index is 0.376. The van der Waals surface area contributed by atoms with Crippen LogP contribution >= 0.6 is 0 Å². The molecule has 0 radical (unpaired) electrons. The van der Waals surface area contributed by atoms with E-state index in [9.17, 15) is 18.0 Å². The predicted molar refractivity (Wildman–Crippen MR) is 106 cm³/mol. The molecule has 2 aromatic rings. The highest BCUT2D eigenvalue weighted by molar-refractivity contribution is 5.99. The number of rotatable bonds is 6. The Morgan fingerprint density at radius 3 is 2.14 bits per heavy atom. The van der Waals surface area contributed by atoms with Crippen LogP contribution in [0.25, 0.3) is 0 Å². The molecule has 2 rings (SSSR count). The minimum atomic E-state index is -1.06. The van der Waals surface area contributed by atoms with Crippen molar-refractivity contribution in [2.75, 3.05) is 13.6 Å². The Balaban J connectivity index is 2.37. The SMILES string of the molecule is CCC(=Nc1cc(C)c(C(=O)Cc2c(F)cc(F)cc2F)cc1C)N(C)CC. The first-order chi connectivity index (χ1) is 13.2. The van der Waals surface area contributed by atoms with E-state index in [1.54, 1.807) is 19.1 Å². The molecule has 0 saturated carbocycles. The monoisotopic (exact) mass is 390 g/mol. The van der Waals surface area contributed by atoms with Gasteiger partial charge in [-0.15, -0.1) is 0 Å². The average Bonchev–Trinajstić information content (AvgIpc) is 2.64. The van der Waals surface area contributed by atoms with Gasteiger partial charge in [-0.05, 0) is 44.0 Å². The van der Waals surface area contributed by atoms with Crippen molar-refractivity contribution in [1.29, 1.82) is 0 Å². The van der Waals surface area contributed by atoms with Crippen LogP contribution in [-0.4, -0.2) is 30.1 Å². The zero-order valence-corrected chi connectivity index (χ0v) is 16.9. The third-order valence-corrected chi connectivity index (χ3v) is 4.77. The molecule has 0 aliphatic rings. The van der Waals surface area contributed by atoms with Gasteiger partial charge in [0.1, 0.15) is 23.3 Å². The average molecular weight is 390 g/mol. The molecule has 6 heteroatoms. The lowest BCUT2D eigenvalue weighted by Gasteiger charge is -2.19. The van der Waals surface area contributed by atoms with Crippen LogP contribution in [0.4, 0.5) is 18.9 Å². The molecule has 0 heterocycles. The van der Waals surface area contributed by atoms with Gasteiger partial charge < -0.3 is 4.90 Å². The molecule has 0 saturated heterocycles. The van der Waals surface area contributed by atoms with Crippen LogP contribution in [-0.2, 0) is 6.42 Å². The lowest BCUT2D eigenvalue weighted by molar-refractivity contribution is 0.0990. The summed E-state index contributed by atoms with van der Waals surface area (Å²) in [5.74, 6) is -2.63. The molecule has 0 atom stereocenters. The van der Waals surface area contributed by atoms with Crippen molar-refractivity contribution in [3.8, 4) is 0 Å². The van der Waals surface area contributed by atoms with Gasteiger partial charge in [0.25, 0.3) is 0 Å². The largest absolute Gasteiger partial charge is 0.363 e. The number of halogens is 3. The van der Waals surface area contributed by atoms with Crippen molar-refractivity contribution in [3.63, 3.8) is 0 Å². The Hall–Kier alpha value is -2.63. The number of hydrogen-bond donors (Lipinski definition) is 0. The second kappa shape index (κ2) is 9.04. The summed E-state index contributed by atoms with van der Waals surface area (Å²) in [6.07, 6.45) is 0.298. The summed E-state index contributed by atoms with van der Waals surface area (Å²) in [6.45, 7) is 8.50. The smallest absolute Gasteiger partial charge is 0.167 e. The zero-order chi connectivity index (χ0) is 21.0. The van der Waals surface area contributed by atoms with Crippen molar-refractivity contribution in [2.24, 2.45) is 4.99 Å². The van der Waals surface area contributed by atoms with E-state index in [1.807, 2.05) is 32.7 Å². The fourth-order valence-corrected chi connectivity index (χ4v) is 2.97. The Labute approximate surface area is 163 Å². The number of aliphatic imine (C=N–C) groups is 1. The summed E-state index contributed by atoms with van der Waals surface area (Å²) in [6, 6.07) is 4.66. The van der Waals surface area contributed by atoms with Gasteiger partial charge in [0.05, 0.1) is 5.69 Å². The first kappa shape index (κ1) is 21.7. The molecule has 0 aromatic heterocycles. The third kappa shape index (κ3) is 4.80. The number of nitrogens with zero attached hydrogens (tertiary/aromatic N) is 2. The van der Waals surface area contributed by atoms with E-state index in [2.05, 4.69) is 0 Å². The lowest BCUT2D eigenvalue weighted by atomic mass is 9.96. The normalized spacial score (nSPS) is 11.6. The summed E-state index contributed by atoms with van der Waals surface area (Å²) in [5, 5.41) is 0. The summed E-state index contributed by atoms with van der Waals surface area (Å²) in [4.78, 5) is 19.4. The van der Waals surface area contributed by atoms with Gasteiger partial charge in [0.2, 0.25) is 0 Å². The summed E-state index contributed by atoms with van der Waals surface area (Å²) < 4.78 is 40.8. The quantitative estimate of drug-likeness (QED) is 0.369. The first-order valence-corrected chi connectivity index (χ1v) is 9.24. The Morgan fingerprint density at radius 1 is 1.00 bits per heavy atom. The molecule has 0 amide bonds. The number of carbonyl (C=O) groups excluding carboxylic acids is 1. The molecule has 0 aliphatic heterocycles. The molecule has 150 valence electrons. The van der Waals surface area contributed by atoms with Gasteiger partial charge >= 0.3 is 0 Å². The van der Waals surface area contributed by atoms with E-state index in [4.69, 9.17) is 4.99 Å². The number of aryl methyl sites for hydroxylation is 2. The lowest BCUT2D eigenvalue weighted by Crippen LogP contribution is -2.25. The molecule has 0 spiro atoms. The van der Waals surface area contributed by atoms with Crippen LogP contribution in [0.2, 0.25) is 0 Å². The van der Waals surface area contributed by atoms with Crippen molar-refractivity contribution in [3.05, 3.63) is 64.0 Å². The number of Topliss-reactive ketones (excluding diaryl/α,β-unsaturated/α-hetero) is 1. The van der Waals surface area contributed by atoms with Gasteiger partial charge in [-0.25, -0.2) is 18.2 Å². The van der Waals surface area contributed by atoms with Crippen LogP contribution in [0.3, 0.4) is 0 Å². The highest BCUT2D eigenvalue weighted by Gasteiger charge is 2.18. The molecular formula is C22H25F3N2O. The zero-order valence-electron chi connectivity index (χ0n) is 16.9. The van der Waals surface area contributed by atoms with Gasteiger partial charge in [-0.3, -0.25) is 4.79 Å². The fraction of sp³-hybridized carbons (Fsp3) is 0.364. The van der Waals surface area contributed by atoms with Crippen molar-refractivity contribution in [2.45, 2.75) is 40.5 Å². The molecule has 3 nitrogen and oxygen atoms in total. The van der Waals surface area contributed by atoms with Crippen LogP contribution in [0.5, 0.6) is 0 Å². The maximum atomic E-state index is 13.9. The van der Waals surface area contributed by atoms with Crippen molar-refractivity contribution in [1.82, 2.24) is 4.90 Å². The Bertz CT molecular complexity index is 899. The molecule has 0 aliphatic carbocycles. The van der Waals surface area contributed by atoms with Crippen LogP contribution < -0.4 is 0 Å². The van der Waals surface area contributed by atoms with E-state index < -0.39 is 35.2 Å². The summed E-state index contributed by atoms with van der Waals surface area (Å²) in [5.41, 5.74) is 2.17. The summed E-state index contributed by atoms with van der Waals surface area (Å²) >= 11 is 0. The number of carbonyl (C=O) groups is 1. The third-order valence-electron chi connectivity index (χ3n) is 4.77. The van der Waals surface area contributed by atoms with Gasteiger partial charge in [0.15, 0.2) is 5.78 Å². The molecule has 2 aromatic carbocycles. The van der Waals surface area contributed by atoms with Gasteiger partial charge in [-0.2, -0.15) is 0 Å². The van der Waals surface area contributed by atoms with Crippen LogP contribution in [0, 0.1) is 31.3 Å². The van der Waals surface area contributed by atoms with Crippen molar-refractivity contribution < 1.29 is 18.0 Å². The molecule has 0 unspecified atom stereocenters. The van der Waals surface area contributed by atoms with Gasteiger partial charge in [0, 0.05) is 49.7 Å². The van der Waals surface area contributed by atoms with E-state index >= 15 is 0 Å². The van der Waals surface area contributed by atoms with Crippen LogP contribution in [0.1, 0.15) is 47.3 Å². The van der Waals surface area contributed by atoms with E-state index in [1.165, 1.54) is 0 Å². The number of amidine groups is 1. The fourth-order valence-electron chi connectivity index (χ4n) is 2.97. The molecular weight excluding hydrogens is 365 g/mol. The Kier molecular flexibility index (Phi) is 7.00. The van der Waals surface area contributed by atoms with E-state index in [0.29, 0.717) is 23.3 Å². The standard InChI is InChI=1S/C22H25F3N2O/c1-6-22(27(5)7-2)26-20-9-13(3)16(8-14(20)4)21(28)12-17-18(24)10-15(23)11-19(17)25/h8-11H,6-7,12H2,1-5H3. The second-order valence-electron chi connectivity index (χ2n) is 6.80.